The summed E-state index contributed by atoms with van der Waals surface area (Å²) in [6, 6.07) is 0. The summed E-state index contributed by atoms with van der Waals surface area (Å²) in [5.41, 5.74) is 1.33. The van der Waals surface area contributed by atoms with Crippen LogP contribution in [-0.4, -0.2) is 85.2 Å². The number of fused-ring (bicyclic) bond motifs is 8. The largest absolute Gasteiger partial charge is 0.390 e. The van der Waals surface area contributed by atoms with Gasteiger partial charge in [0.2, 0.25) is 0 Å². The Hall–Kier alpha value is -0.910. The van der Waals surface area contributed by atoms with Crippen LogP contribution in [0, 0.1) is 52.3 Å². The molecule has 0 radical (unpaired) electrons. The number of carbonyl (C=O) groups is 1. The van der Waals surface area contributed by atoms with E-state index in [1.54, 1.807) is 6.08 Å². The number of aliphatic hydroxyl groups is 5. The van der Waals surface area contributed by atoms with Crippen LogP contribution >= 0.6 is 0 Å². The molecule has 6 aliphatic carbocycles. The van der Waals surface area contributed by atoms with Gasteiger partial charge in [0.1, 0.15) is 5.60 Å². The van der Waals surface area contributed by atoms with Crippen molar-refractivity contribution >= 4 is 5.78 Å². The molecule has 5 saturated carbocycles. The van der Waals surface area contributed by atoms with Crippen LogP contribution in [-0.2, 0) is 9.53 Å². The summed E-state index contributed by atoms with van der Waals surface area (Å²) in [6.07, 6.45) is 16.6. The highest BCUT2D eigenvalue weighted by molar-refractivity contribution is 5.95. The Bertz CT molecular complexity index is 1400. The third-order valence-corrected chi connectivity index (χ3v) is 18.0. The van der Waals surface area contributed by atoms with Crippen LogP contribution in [0.1, 0.15) is 149 Å². The van der Waals surface area contributed by atoms with Gasteiger partial charge in [-0.3, -0.25) is 4.79 Å². The Morgan fingerprint density at radius 2 is 1.68 bits per heavy atom. The van der Waals surface area contributed by atoms with Crippen molar-refractivity contribution in [1.29, 1.82) is 0 Å². The Morgan fingerprint density at radius 1 is 0.906 bits per heavy atom. The summed E-state index contributed by atoms with van der Waals surface area (Å²) in [4.78, 5) is 14.3. The summed E-state index contributed by atoms with van der Waals surface area (Å²) < 4.78 is 7.00. The Morgan fingerprint density at radius 3 is 2.43 bits per heavy atom. The molecule has 2 heterocycles. The molecule has 2 saturated heterocycles. The number of hydrogen-bond donors (Lipinski definition) is 7. The van der Waals surface area contributed by atoms with Crippen LogP contribution in [0.2, 0.25) is 0 Å². The molecule has 8 N–H and O–H groups in total. The normalized spacial score (nSPS) is 52.5. The van der Waals surface area contributed by atoms with E-state index in [2.05, 4.69) is 19.2 Å². The fraction of sp³-hybridized carbons (Fsp3) is 0.932. The number of allylic oxidation sites excluding steroid dienone is 1. The lowest BCUT2D eigenvalue weighted by Crippen LogP contribution is -2.68. The second-order valence-corrected chi connectivity index (χ2v) is 20.4. The van der Waals surface area contributed by atoms with Crippen molar-refractivity contribution in [2.75, 3.05) is 6.54 Å². The fourth-order valence-electron chi connectivity index (χ4n) is 15.0. The number of ketones is 1. The zero-order valence-electron chi connectivity index (χ0n) is 33.0. The molecular weight excluding hydrogens is 668 g/mol. The molecular formula is C44H72N2O7. The van der Waals surface area contributed by atoms with Gasteiger partial charge >= 0.3 is 0 Å². The number of hydrogen-bond acceptors (Lipinski definition) is 9. The quantitative estimate of drug-likeness (QED) is 0.184. The minimum Gasteiger partial charge on any atom is -0.390 e. The van der Waals surface area contributed by atoms with Crippen molar-refractivity contribution in [2.45, 2.75) is 197 Å². The smallest absolute Gasteiger partial charge is 0.159 e. The molecule has 0 bridgehead atoms. The molecule has 2 unspecified atom stereocenters. The van der Waals surface area contributed by atoms with Crippen molar-refractivity contribution in [1.82, 2.24) is 5.32 Å². The van der Waals surface area contributed by atoms with Crippen molar-refractivity contribution in [3.8, 4) is 0 Å². The highest BCUT2D eigenvalue weighted by atomic mass is 16.5. The van der Waals surface area contributed by atoms with E-state index in [4.69, 9.17) is 10.5 Å². The Labute approximate surface area is 318 Å². The van der Waals surface area contributed by atoms with E-state index in [0.29, 0.717) is 43.9 Å². The number of nitrogens with one attached hydrogen (secondary N) is 1. The summed E-state index contributed by atoms with van der Waals surface area (Å²) >= 11 is 0. The Kier molecular flexibility index (Phi) is 10.4. The molecule has 0 aromatic heterocycles. The molecule has 9 heteroatoms. The zero-order valence-corrected chi connectivity index (χ0v) is 33.0. The van der Waals surface area contributed by atoms with Crippen LogP contribution in [0.5, 0.6) is 0 Å². The van der Waals surface area contributed by atoms with Gasteiger partial charge in [-0.05, 0) is 162 Å². The molecule has 53 heavy (non-hydrogen) atoms. The molecule has 300 valence electrons. The summed E-state index contributed by atoms with van der Waals surface area (Å²) in [6.45, 7) is 7.07. The van der Waals surface area contributed by atoms with E-state index < -0.39 is 57.8 Å². The molecule has 8 aliphatic rings. The average molecular weight is 741 g/mol. The van der Waals surface area contributed by atoms with Crippen molar-refractivity contribution in [2.24, 2.45) is 58.0 Å². The maximum absolute atomic E-state index is 14.3. The van der Waals surface area contributed by atoms with Gasteiger partial charge in [-0.2, -0.15) is 0 Å². The number of rotatable bonds is 7. The number of piperidine rings is 1. The first kappa shape index (κ1) is 38.9. The monoisotopic (exact) mass is 741 g/mol. The van der Waals surface area contributed by atoms with Gasteiger partial charge in [-0.15, -0.1) is 0 Å². The van der Waals surface area contributed by atoms with Crippen LogP contribution in [0.25, 0.3) is 0 Å². The molecule has 8 rings (SSSR count). The molecule has 7 fully saturated rings. The molecule has 0 spiro atoms. The topological polar surface area (TPSA) is 166 Å². The standard InChI is InChI=1S/C44H72N2O7/c1-4-7-26-9-12-28-29-8-5-6-18-44(52,39(29)53-36(28)13-10-26)41(3,50)37-17-21-43(51)31-22-33(47)32-23-34(48)35(49)24-42(32,30(31)16-19-40(37,43)2)20-15-27-11-14-38(45)46-25-27/h22,26-30,32,34-39,46,48-52H,4-21,23-25,45H2,1-3H3/t26-,27?,28-,29-,30-,32-,34-,35+,36-,37-,38?,39-,40-,41-,42-,43+,44-/m1/s1. The summed E-state index contributed by atoms with van der Waals surface area (Å²) in [5.74, 6) is 0.900. The average Bonchev–Trinajstić information content (AvgIpc) is 3.46. The SMILES string of the molecule is CCC[C@@H]1CC[C@@H]2[C@H]3CCCC[C@](O)([C@](C)(O)[C@@H]4CC[C@]5(O)C6=CC(=O)[C@H]7C[C@@H](O)[C@@H](O)C[C@]7(CCC7CCC(N)NC7)[C@@H]6CC[C@]45C)[C@@H]3O[C@@H]2CC1. The number of carbonyl (C=O) groups excluding carboxylic acids is 1. The number of ether oxygens (including phenoxy) is 1. The van der Waals surface area contributed by atoms with E-state index in [0.717, 1.165) is 82.2 Å². The first-order valence-electron chi connectivity index (χ1n) is 22.1. The molecule has 0 amide bonds. The molecule has 17 atom stereocenters. The predicted octanol–water partition coefficient (Wildman–Crippen LogP) is 5.28. The number of nitrogens with two attached hydrogens (primary N) is 1. The highest BCUT2D eigenvalue weighted by Crippen LogP contribution is 2.70. The maximum Gasteiger partial charge on any atom is 0.159 e. The van der Waals surface area contributed by atoms with Crippen LogP contribution < -0.4 is 11.1 Å². The van der Waals surface area contributed by atoms with E-state index >= 15 is 0 Å². The van der Waals surface area contributed by atoms with Crippen molar-refractivity contribution in [3.63, 3.8) is 0 Å². The third kappa shape index (κ3) is 6.01. The van der Waals surface area contributed by atoms with Crippen LogP contribution in [0.3, 0.4) is 0 Å². The minimum atomic E-state index is -1.51. The van der Waals surface area contributed by atoms with Gasteiger partial charge in [0.05, 0.1) is 41.8 Å². The highest BCUT2D eigenvalue weighted by Gasteiger charge is 2.73. The lowest BCUT2D eigenvalue weighted by molar-refractivity contribution is -0.252. The van der Waals surface area contributed by atoms with Crippen LogP contribution in [0.15, 0.2) is 11.6 Å². The van der Waals surface area contributed by atoms with Gasteiger partial charge < -0.3 is 41.3 Å². The second kappa shape index (κ2) is 14.2. The van der Waals surface area contributed by atoms with Crippen molar-refractivity contribution < 1.29 is 35.1 Å². The Balaban J connectivity index is 1.09. The lowest BCUT2D eigenvalue weighted by atomic mass is 9.43. The summed E-state index contributed by atoms with van der Waals surface area (Å²) in [5, 5.41) is 64.9. The minimum absolute atomic E-state index is 0.0153. The fourth-order valence-corrected chi connectivity index (χ4v) is 15.0. The molecule has 0 aromatic rings. The summed E-state index contributed by atoms with van der Waals surface area (Å²) in [7, 11) is 0. The van der Waals surface area contributed by atoms with E-state index in [1.807, 2.05) is 6.92 Å². The second-order valence-electron chi connectivity index (χ2n) is 20.4. The van der Waals surface area contributed by atoms with Gasteiger partial charge in [0.15, 0.2) is 5.78 Å². The molecule has 2 aliphatic heterocycles. The zero-order chi connectivity index (χ0) is 37.6. The molecule has 0 aromatic carbocycles. The lowest BCUT2D eigenvalue weighted by Gasteiger charge is -2.62. The van der Waals surface area contributed by atoms with Gasteiger partial charge in [0.25, 0.3) is 0 Å². The van der Waals surface area contributed by atoms with Crippen molar-refractivity contribution in [3.05, 3.63) is 11.6 Å². The van der Waals surface area contributed by atoms with Gasteiger partial charge in [-0.1, -0.05) is 46.0 Å². The molecule has 9 nitrogen and oxygen atoms in total. The first-order valence-corrected chi connectivity index (χ1v) is 22.1. The van der Waals surface area contributed by atoms with E-state index in [9.17, 15) is 30.3 Å². The first-order chi connectivity index (χ1) is 25.2. The maximum atomic E-state index is 14.3. The van der Waals surface area contributed by atoms with Crippen LogP contribution in [0.4, 0.5) is 0 Å². The predicted molar refractivity (Wildman–Crippen MR) is 203 cm³/mol. The van der Waals surface area contributed by atoms with Gasteiger partial charge in [0, 0.05) is 11.3 Å². The number of aliphatic hydroxyl groups excluding tert-OH is 2. The van der Waals surface area contributed by atoms with Gasteiger partial charge in [-0.25, -0.2) is 0 Å². The third-order valence-electron chi connectivity index (χ3n) is 18.0. The van der Waals surface area contributed by atoms with E-state index in [1.165, 1.54) is 25.7 Å². The van der Waals surface area contributed by atoms with E-state index in [-0.39, 0.29) is 36.3 Å².